The van der Waals surface area contributed by atoms with Crippen LogP contribution in [0.3, 0.4) is 0 Å². The second-order valence-electron chi connectivity index (χ2n) is 4.42. The van der Waals surface area contributed by atoms with Crippen LogP contribution in [-0.2, 0) is 22.3 Å². The number of ether oxygens (including phenoxy) is 1. The average Bonchev–Trinajstić information content (AvgIpc) is 2.47. The average molecular weight is 307 g/mol. The number of hydrogen-bond donors (Lipinski definition) is 2. The van der Waals surface area contributed by atoms with Gasteiger partial charge in [0.05, 0.1) is 24.7 Å². The molecule has 0 aliphatic heterocycles. The van der Waals surface area contributed by atoms with E-state index < -0.39 is 10.0 Å². The van der Waals surface area contributed by atoms with Crippen molar-refractivity contribution in [1.82, 2.24) is 4.98 Å². The van der Waals surface area contributed by atoms with Crippen LogP contribution in [-0.4, -0.2) is 20.5 Å². The van der Waals surface area contributed by atoms with Crippen molar-refractivity contribution < 1.29 is 13.2 Å². The van der Waals surface area contributed by atoms with E-state index in [1.807, 2.05) is 12.1 Å². The Morgan fingerprint density at radius 3 is 2.48 bits per heavy atom. The van der Waals surface area contributed by atoms with E-state index in [2.05, 4.69) is 9.71 Å². The molecule has 0 atom stereocenters. The summed E-state index contributed by atoms with van der Waals surface area (Å²) in [5.41, 5.74) is 7.51. The molecule has 0 aliphatic rings. The van der Waals surface area contributed by atoms with Crippen molar-refractivity contribution in [3.63, 3.8) is 0 Å². The number of aromatic nitrogens is 1. The summed E-state index contributed by atoms with van der Waals surface area (Å²) in [5, 5.41) is 0. The van der Waals surface area contributed by atoms with Crippen LogP contribution in [0.5, 0.6) is 5.88 Å². The van der Waals surface area contributed by atoms with E-state index >= 15 is 0 Å². The highest BCUT2D eigenvalue weighted by Gasteiger charge is 2.14. The number of pyridine rings is 1. The molecule has 112 valence electrons. The third kappa shape index (κ3) is 4.17. The molecule has 21 heavy (non-hydrogen) atoms. The number of anilines is 1. The van der Waals surface area contributed by atoms with Crippen LogP contribution < -0.4 is 15.2 Å². The van der Waals surface area contributed by atoms with Crippen LogP contribution in [0, 0.1) is 0 Å². The number of methoxy groups -OCH3 is 1. The molecular weight excluding hydrogens is 290 g/mol. The summed E-state index contributed by atoms with van der Waals surface area (Å²) >= 11 is 0. The fourth-order valence-corrected chi connectivity index (χ4v) is 3.12. The van der Waals surface area contributed by atoms with Crippen molar-refractivity contribution in [2.45, 2.75) is 12.3 Å². The number of rotatable bonds is 6. The van der Waals surface area contributed by atoms with Gasteiger partial charge < -0.3 is 10.5 Å². The van der Waals surface area contributed by atoms with Gasteiger partial charge in [-0.1, -0.05) is 24.3 Å². The SMILES string of the molecule is COc1ccc(NS(=O)(=O)Cc2ccccc2CN)cn1. The van der Waals surface area contributed by atoms with Gasteiger partial charge in [-0.3, -0.25) is 4.72 Å². The van der Waals surface area contributed by atoms with Gasteiger partial charge in [-0.2, -0.15) is 0 Å². The maximum Gasteiger partial charge on any atom is 0.236 e. The number of sulfonamides is 1. The van der Waals surface area contributed by atoms with Gasteiger partial charge in [0.1, 0.15) is 0 Å². The van der Waals surface area contributed by atoms with E-state index in [4.69, 9.17) is 10.5 Å². The van der Waals surface area contributed by atoms with Crippen LogP contribution in [0.4, 0.5) is 5.69 Å². The second kappa shape index (κ2) is 6.55. The van der Waals surface area contributed by atoms with E-state index in [1.165, 1.54) is 13.3 Å². The van der Waals surface area contributed by atoms with Gasteiger partial charge in [-0.05, 0) is 17.2 Å². The minimum atomic E-state index is -3.53. The smallest absolute Gasteiger partial charge is 0.236 e. The van der Waals surface area contributed by atoms with Gasteiger partial charge in [-0.15, -0.1) is 0 Å². The Balaban J connectivity index is 2.14. The monoisotopic (exact) mass is 307 g/mol. The van der Waals surface area contributed by atoms with E-state index in [0.717, 1.165) is 5.56 Å². The van der Waals surface area contributed by atoms with Crippen LogP contribution >= 0.6 is 0 Å². The van der Waals surface area contributed by atoms with Gasteiger partial charge in [0.15, 0.2) is 0 Å². The van der Waals surface area contributed by atoms with Crippen molar-refractivity contribution in [3.05, 3.63) is 53.7 Å². The lowest BCUT2D eigenvalue weighted by molar-refractivity contribution is 0.398. The summed E-state index contributed by atoms with van der Waals surface area (Å²) in [4.78, 5) is 3.95. The number of nitrogens with one attached hydrogen (secondary N) is 1. The molecule has 0 aliphatic carbocycles. The minimum absolute atomic E-state index is 0.133. The molecule has 0 unspecified atom stereocenters. The van der Waals surface area contributed by atoms with Gasteiger partial charge >= 0.3 is 0 Å². The maximum absolute atomic E-state index is 12.2. The van der Waals surface area contributed by atoms with Crippen LogP contribution in [0.1, 0.15) is 11.1 Å². The first-order valence-electron chi connectivity index (χ1n) is 6.31. The normalized spacial score (nSPS) is 11.1. The Morgan fingerprint density at radius 1 is 1.19 bits per heavy atom. The largest absolute Gasteiger partial charge is 0.481 e. The van der Waals surface area contributed by atoms with Gasteiger partial charge in [0.2, 0.25) is 15.9 Å². The molecule has 0 fully saturated rings. The summed E-state index contributed by atoms with van der Waals surface area (Å²) in [6.45, 7) is 0.301. The molecule has 0 spiro atoms. The molecule has 0 bridgehead atoms. The van der Waals surface area contributed by atoms with Crippen LogP contribution in [0.2, 0.25) is 0 Å². The Kier molecular flexibility index (Phi) is 4.77. The fourth-order valence-electron chi connectivity index (χ4n) is 1.88. The van der Waals surface area contributed by atoms with Gasteiger partial charge in [0, 0.05) is 12.6 Å². The lowest BCUT2D eigenvalue weighted by atomic mass is 10.1. The van der Waals surface area contributed by atoms with Crippen LogP contribution in [0.25, 0.3) is 0 Å². The molecule has 0 radical (unpaired) electrons. The molecule has 3 N–H and O–H groups in total. The van der Waals surface area contributed by atoms with Crippen molar-refractivity contribution >= 4 is 15.7 Å². The lowest BCUT2D eigenvalue weighted by Gasteiger charge is -2.10. The van der Waals surface area contributed by atoms with E-state index in [9.17, 15) is 8.42 Å². The topological polar surface area (TPSA) is 94.3 Å². The van der Waals surface area contributed by atoms with E-state index in [-0.39, 0.29) is 5.75 Å². The molecule has 0 amide bonds. The molecule has 1 aromatic carbocycles. The van der Waals surface area contributed by atoms with Crippen molar-refractivity contribution in [3.8, 4) is 5.88 Å². The number of nitrogens with two attached hydrogens (primary N) is 1. The third-order valence-corrected chi connectivity index (χ3v) is 4.14. The molecule has 2 aromatic rings. The summed E-state index contributed by atoms with van der Waals surface area (Å²) in [7, 11) is -2.03. The first kappa shape index (κ1) is 15.3. The first-order chi connectivity index (χ1) is 10.0. The zero-order valence-electron chi connectivity index (χ0n) is 11.6. The lowest BCUT2D eigenvalue weighted by Crippen LogP contribution is -2.16. The predicted molar refractivity (Wildman–Crippen MR) is 81.4 cm³/mol. The number of hydrogen-bond acceptors (Lipinski definition) is 5. The Bertz CT molecular complexity index is 700. The molecular formula is C14H17N3O3S. The molecule has 0 saturated heterocycles. The first-order valence-corrected chi connectivity index (χ1v) is 7.96. The Labute approximate surface area is 124 Å². The van der Waals surface area contributed by atoms with Gasteiger partial charge in [0.25, 0.3) is 0 Å². The molecule has 6 nitrogen and oxygen atoms in total. The fraction of sp³-hybridized carbons (Fsp3) is 0.214. The molecule has 1 aromatic heterocycles. The van der Waals surface area contributed by atoms with Crippen LogP contribution in [0.15, 0.2) is 42.6 Å². The Hall–Kier alpha value is -2.12. The van der Waals surface area contributed by atoms with Gasteiger partial charge in [-0.25, -0.2) is 13.4 Å². The number of nitrogens with zero attached hydrogens (tertiary/aromatic N) is 1. The maximum atomic E-state index is 12.2. The minimum Gasteiger partial charge on any atom is -0.481 e. The number of benzene rings is 1. The zero-order chi connectivity index (χ0) is 15.3. The molecule has 2 rings (SSSR count). The third-order valence-electron chi connectivity index (χ3n) is 2.90. The predicted octanol–water partition coefficient (Wildman–Crippen LogP) is 1.49. The Morgan fingerprint density at radius 2 is 1.90 bits per heavy atom. The van der Waals surface area contributed by atoms with Crippen molar-refractivity contribution in [2.75, 3.05) is 11.8 Å². The van der Waals surface area contributed by atoms with Crippen molar-refractivity contribution in [2.24, 2.45) is 5.73 Å². The van der Waals surface area contributed by atoms with E-state index in [1.54, 1.807) is 24.3 Å². The summed E-state index contributed by atoms with van der Waals surface area (Å²) in [5.74, 6) is 0.290. The second-order valence-corrected chi connectivity index (χ2v) is 6.15. The van der Waals surface area contributed by atoms with E-state index in [0.29, 0.717) is 23.7 Å². The van der Waals surface area contributed by atoms with Crippen molar-refractivity contribution in [1.29, 1.82) is 0 Å². The summed E-state index contributed by atoms with van der Waals surface area (Å²) < 4.78 is 31.8. The molecule has 7 heteroatoms. The summed E-state index contributed by atoms with van der Waals surface area (Å²) in [6.07, 6.45) is 1.41. The highest BCUT2D eigenvalue weighted by Crippen LogP contribution is 2.16. The standard InChI is InChI=1S/C14H17N3O3S/c1-20-14-7-6-13(9-16-14)17-21(18,19)10-12-5-3-2-4-11(12)8-15/h2-7,9,17H,8,10,15H2,1H3. The summed E-state index contributed by atoms with van der Waals surface area (Å²) in [6, 6.07) is 10.4. The quantitative estimate of drug-likeness (QED) is 0.843. The molecule has 0 saturated carbocycles. The zero-order valence-corrected chi connectivity index (χ0v) is 12.4. The highest BCUT2D eigenvalue weighted by molar-refractivity contribution is 7.91. The highest BCUT2D eigenvalue weighted by atomic mass is 32.2. The molecule has 1 heterocycles.